The van der Waals surface area contributed by atoms with Crippen molar-refractivity contribution in [2.45, 2.75) is 13.5 Å². The Kier molecular flexibility index (Phi) is 4.46. The first-order chi connectivity index (χ1) is 13.1. The molecule has 0 aliphatic carbocycles. The molecule has 0 amide bonds. The van der Waals surface area contributed by atoms with E-state index in [4.69, 9.17) is 4.98 Å². The third-order valence-electron chi connectivity index (χ3n) is 5.08. The number of carboxylic acid groups (broad SMARTS) is 1. The van der Waals surface area contributed by atoms with Crippen molar-refractivity contribution < 1.29 is 19.2 Å². The van der Waals surface area contributed by atoms with Gasteiger partial charge in [-0.2, -0.15) is 0 Å². The molecule has 1 N–H and O–H groups in total. The van der Waals surface area contributed by atoms with Crippen molar-refractivity contribution in [2.75, 3.05) is 13.1 Å². The number of hydrogen-bond donors (Lipinski definition) is 1. The van der Waals surface area contributed by atoms with E-state index in [-0.39, 0.29) is 11.4 Å². The Morgan fingerprint density at radius 2 is 1.93 bits per heavy atom. The molecule has 0 saturated carbocycles. The number of pyridine rings is 1. The van der Waals surface area contributed by atoms with Gasteiger partial charge in [-0.25, -0.2) is 9.37 Å². The van der Waals surface area contributed by atoms with Gasteiger partial charge in [0.25, 0.3) is 0 Å². The lowest BCUT2D eigenvalue weighted by atomic mass is 9.92. The van der Waals surface area contributed by atoms with Crippen molar-refractivity contribution in [3.8, 4) is 0 Å². The molecule has 4 rings (SSSR count). The number of nitrogens with one attached hydrogen (secondary N) is 1. The second kappa shape index (κ2) is 6.93. The Bertz CT molecular complexity index is 1060. The van der Waals surface area contributed by atoms with Crippen molar-refractivity contribution in [1.29, 1.82) is 0 Å². The minimum Gasteiger partial charge on any atom is -0.545 e. The number of benzene rings is 2. The van der Waals surface area contributed by atoms with Gasteiger partial charge in [0.1, 0.15) is 18.9 Å². The van der Waals surface area contributed by atoms with Crippen LogP contribution in [0, 0.1) is 5.82 Å². The fourth-order valence-electron chi connectivity index (χ4n) is 3.72. The van der Waals surface area contributed by atoms with E-state index < -0.39 is 5.97 Å². The predicted octanol–water partition coefficient (Wildman–Crippen LogP) is 1.70. The average molecular weight is 362 g/mol. The number of fused-ring (bicyclic) bond motifs is 2. The van der Waals surface area contributed by atoms with Crippen LogP contribution in [0.1, 0.15) is 34.1 Å². The second-order valence-electron chi connectivity index (χ2n) is 6.80. The number of nitrogens with zero attached hydrogens (tertiary/aromatic N) is 1. The number of carbonyl (C=O) groups is 1. The standard InChI is InChI=1S/C22H19FN2O2/c1-2-25-12-15(11-14-7-9-16(23)10-8-14)21-18(13-25)20(22(26)27)17-5-3-4-6-19(17)24-21/h3-11H,2,12-13H2,1H3,(H,26,27)/b15-11+. The normalized spacial score (nSPS) is 17.9. The quantitative estimate of drug-likeness (QED) is 0.772. The number of aromatic nitrogens is 1. The lowest BCUT2D eigenvalue weighted by Crippen LogP contribution is -3.11. The van der Waals surface area contributed by atoms with Gasteiger partial charge in [-0.3, -0.25) is 0 Å². The first-order valence-corrected chi connectivity index (χ1v) is 9.00. The van der Waals surface area contributed by atoms with Crippen LogP contribution in [0.25, 0.3) is 22.6 Å². The van der Waals surface area contributed by atoms with Gasteiger partial charge < -0.3 is 14.8 Å². The number of aromatic carboxylic acids is 1. The third kappa shape index (κ3) is 3.22. The van der Waals surface area contributed by atoms with Gasteiger partial charge >= 0.3 is 0 Å². The number of likely N-dealkylation sites (N-methyl/N-ethyl adjacent to an activating group) is 1. The summed E-state index contributed by atoms with van der Waals surface area (Å²) in [5, 5.41) is 12.6. The summed E-state index contributed by atoms with van der Waals surface area (Å²) >= 11 is 0. The fraction of sp³-hybridized carbons (Fsp3) is 0.182. The van der Waals surface area contributed by atoms with E-state index in [9.17, 15) is 14.3 Å². The molecule has 0 spiro atoms. The minimum absolute atomic E-state index is 0.228. The first kappa shape index (κ1) is 17.4. The number of para-hydroxylation sites is 1. The van der Waals surface area contributed by atoms with Gasteiger partial charge in [0.05, 0.1) is 23.7 Å². The summed E-state index contributed by atoms with van der Waals surface area (Å²) in [7, 11) is 0. The van der Waals surface area contributed by atoms with Gasteiger partial charge in [0.15, 0.2) is 0 Å². The van der Waals surface area contributed by atoms with Crippen LogP contribution in [0.4, 0.5) is 4.39 Å². The van der Waals surface area contributed by atoms with E-state index in [1.807, 2.05) is 24.3 Å². The molecule has 5 heteroatoms. The molecule has 4 nitrogen and oxygen atoms in total. The van der Waals surface area contributed by atoms with Crippen molar-refractivity contribution in [2.24, 2.45) is 0 Å². The third-order valence-corrected chi connectivity index (χ3v) is 5.08. The van der Waals surface area contributed by atoms with Crippen LogP contribution in [0.3, 0.4) is 0 Å². The highest BCUT2D eigenvalue weighted by Gasteiger charge is 2.28. The number of halogens is 1. The Balaban J connectivity index is 1.97. The number of rotatable bonds is 3. The minimum atomic E-state index is -1.18. The number of hydrogen-bond acceptors (Lipinski definition) is 3. The molecule has 0 saturated heterocycles. The van der Waals surface area contributed by atoms with Crippen LogP contribution in [0.2, 0.25) is 0 Å². The Morgan fingerprint density at radius 3 is 2.63 bits per heavy atom. The maximum absolute atomic E-state index is 13.2. The summed E-state index contributed by atoms with van der Waals surface area (Å²) in [5.74, 6) is -1.46. The summed E-state index contributed by atoms with van der Waals surface area (Å²) in [6.07, 6.45) is 1.97. The molecule has 1 aromatic heterocycles. The van der Waals surface area contributed by atoms with Crippen LogP contribution in [-0.2, 0) is 6.54 Å². The largest absolute Gasteiger partial charge is 0.545 e. The molecule has 27 heavy (non-hydrogen) atoms. The highest BCUT2D eigenvalue weighted by molar-refractivity contribution is 6.04. The smallest absolute Gasteiger partial charge is 0.123 e. The monoisotopic (exact) mass is 362 g/mol. The van der Waals surface area contributed by atoms with E-state index in [1.165, 1.54) is 17.0 Å². The first-order valence-electron chi connectivity index (χ1n) is 9.00. The Labute approximate surface area is 156 Å². The van der Waals surface area contributed by atoms with E-state index in [0.717, 1.165) is 24.2 Å². The molecule has 1 aliphatic heterocycles. The molecule has 0 fully saturated rings. The van der Waals surface area contributed by atoms with E-state index >= 15 is 0 Å². The van der Waals surface area contributed by atoms with E-state index in [2.05, 4.69) is 6.92 Å². The van der Waals surface area contributed by atoms with Gasteiger partial charge in [0, 0.05) is 22.1 Å². The maximum atomic E-state index is 13.2. The summed E-state index contributed by atoms with van der Waals surface area (Å²) in [6, 6.07) is 13.5. The zero-order valence-electron chi connectivity index (χ0n) is 15.0. The summed E-state index contributed by atoms with van der Waals surface area (Å²) in [6.45, 7) is 4.26. The number of carboxylic acids is 1. The summed E-state index contributed by atoms with van der Waals surface area (Å²) < 4.78 is 13.2. The number of quaternary nitrogens is 1. The van der Waals surface area contributed by atoms with Crippen LogP contribution in [-0.4, -0.2) is 24.0 Å². The predicted molar refractivity (Wildman–Crippen MR) is 100 cm³/mol. The summed E-state index contributed by atoms with van der Waals surface area (Å²) in [4.78, 5) is 18.0. The van der Waals surface area contributed by atoms with E-state index in [1.54, 1.807) is 18.2 Å². The highest BCUT2D eigenvalue weighted by atomic mass is 19.1. The van der Waals surface area contributed by atoms with Gasteiger partial charge in [0.2, 0.25) is 0 Å². The SMILES string of the molecule is CC[NH+]1C/C(=C\c2ccc(F)cc2)c2nc3ccccc3c(C(=O)[O-])c2C1. The second-order valence-corrected chi connectivity index (χ2v) is 6.80. The summed E-state index contributed by atoms with van der Waals surface area (Å²) in [5.41, 5.74) is 4.10. The lowest BCUT2D eigenvalue weighted by molar-refractivity contribution is -0.905. The van der Waals surface area contributed by atoms with Gasteiger partial charge in [-0.15, -0.1) is 0 Å². The number of carbonyl (C=O) groups excluding carboxylic acids is 1. The van der Waals surface area contributed by atoms with Crippen LogP contribution < -0.4 is 10.0 Å². The highest BCUT2D eigenvalue weighted by Crippen LogP contribution is 2.29. The van der Waals surface area contributed by atoms with Gasteiger partial charge in [-0.1, -0.05) is 30.3 Å². The van der Waals surface area contributed by atoms with Crippen LogP contribution in [0.15, 0.2) is 48.5 Å². The molecule has 2 heterocycles. The van der Waals surface area contributed by atoms with Crippen molar-refractivity contribution in [3.05, 3.63) is 76.7 Å². The van der Waals surface area contributed by atoms with Crippen molar-refractivity contribution >= 4 is 28.5 Å². The maximum Gasteiger partial charge on any atom is 0.123 e. The van der Waals surface area contributed by atoms with Crippen molar-refractivity contribution in [3.63, 3.8) is 0 Å². The molecular weight excluding hydrogens is 343 g/mol. The molecule has 3 aromatic rings. The zero-order chi connectivity index (χ0) is 19.0. The zero-order valence-corrected chi connectivity index (χ0v) is 15.0. The van der Waals surface area contributed by atoms with Crippen LogP contribution in [0.5, 0.6) is 0 Å². The Hall–Kier alpha value is -3.05. The molecule has 136 valence electrons. The Morgan fingerprint density at radius 1 is 1.19 bits per heavy atom. The molecular formula is C22H19FN2O2. The van der Waals surface area contributed by atoms with Crippen molar-refractivity contribution in [1.82, 2.24) is 4.98 Å². The average Bonchev–Trinajstić information content (AvgIpc) is 2.67. The van der Waals surface area contributed by atoms with E-state index in [0.29, 0.717) is 28.7 Å². The molecule has 1 aliphatic rings. The molecule has 1 unspecified atom stereocenters. The molecule has 0 radical (unpaired) electrons. The lowest BCUT2D eigenvalue weighted by Gasteiger charge is -2.29. The fourth-order valence-corrected chi connectivity index (χ4v) is 3.72. The van der Waals surface area contributed by atoms with Gasteiger partial charge in [-0.05, 0) is 36.8 Å². The molecule has 0 bridgehead atoms. The van der Waals surface area contributed by atoms with Crippen LogP contribution >= 0.6 is 0 Å². The molecule has 1 atom stereocenters. The topological polar surface area (TPSA) is 57.5 Å². The molecule has 2 aromatic carbocycles.